The number of para-hydroxylation sites is 1. The number of hydrogen-bond donors (Lipinski definition) is 2. The summed E-state index contributed by atoms with van der Waals surface area (Å²) in [6, 6.07) is 31.5. The van der Waals surface area contributed by atoms with Gasteiger partial charge in [-0.2, -0.15) is 5.10 Å². The average Bonchev–Trinajstić information content (AvgIpc) is 3.36. The molecule has 0 fully saturated rings. The lowest BCUT2D eigenvalue weighted by atomic mass is 10.1. The zero-order valence-corrected chi connectivity index (χ0v) is 24.9. The maximum absolute atomic E-state index is 13.3. The molecule has 2 N–H and O–H groups in total. The fourth-order valence-electron chi connectivity index (χ4n) is 4.70. The number of rotatable bonds is 11. The molecule has 0 bridgehead atoms. The first-order chi connectivity index (χ1) is 20.9. The number of hydrogen-bond acceptors (Lipinski definition) is 4. The number of benzene rings is 4. The van der Waals surface area contributed by atoms with Crippen molar-refractivity contribution in [3.05, 3.63) is 136 Å². The van der Waals surface area contributed by atoms with E-state index in [-0.39, 0.29) is 11.4 Å². The Hall–Kier alpha value is -4.59. The molecule has 9 heteroatoms. The highest BCUT2D eigenvalue weighted by Gasteiger charge is 2.25. The van der Waals surface area contributed by atoms with Gasteiger partial charge in [-0.25, -0.2) is 5.43 Å². The average molecular weight is 614 g/mol. The van der Waals surface area contributed by atoms with Crippen LogP contribution in [-0.4, -0.2) is 34.7 Å². The van der Waals surface area contributed by atoms with Crippen LogP contribution in [0.3, 0.4) is 0 Å². The molecule has 0 aliphatic rings. The summed E-state index contributed by atoms with van der Waals surface area (Å²) in [5.41, 5.74) is 6.59. The zero-order chi connectivity index (χ0) is 30.2. The van der Waals surface area contributed by atoms with Crippen LogP contribution in [0.5, 0.6) is 5.75 Å². The van der Waals surface area contributed by atoms with E-state index in [1.165, 1.54) is 11.6 Å². The van der Waals surface area contributed by atoms with Crippen molar-refractivity contribution in [3.63, 3.8) is 0 Å². The van der Waals surface area contributed by atoms with Crippen LogP contribution in [0.2, 0.25) is 10.0 Å². The van der Waals surface area contributed by atoms with Gasteiger partial charge >= 0.3 is 0 Å². The Morgan fingerprint density at radius 1 is 0.884 bits per heavy atom. The highest BCUT2D eigenvalue weighted by atomic mass is 35.5. The SMILES string of the molecule is C[C@@H](Oc1ccc(Cl)cc1Cl)C(=O)N[C@H](Cc1ccccc1)C(=O)N/N=C\c1cn(Cc2ccccc2)c2ccccc12. The topological polar surface area (TPSA) is 84.7 Å². The van der Waals surface area contributed by atoms with Crippen molar-refractivity contribution in [1.82, 2.24) is 15.3 Å². The van der Waals surface area contributed by atoms with Gasteiger partial charge in [0.1, 0.15) is 11.8 Å². The fraction of sp³-hybridized carbons (Fsp3) is 0.147. The third kappa shape index (κ3) is 7.83. The van der Waals surface area contributed by atoms with Crippen molar-refractivity contribution in [2.24, 2.45) is 5.10 Å². The number of ether oxygens (including phenoxy) is 1. The number of hydrazone groups is 1. The van der Waals surface area contributed by atoms with E-state index in [1.54, 1.807) is 25.3 Å². The highest BCUT2D eigenvalue weighted by molar-refractivity contribution is 6.35. The number of fused-ring (bicyclic) bond motifs is 1. The summed E-state index contributed by atoms with van der Waals surface area (Å²) >= 11 is 12.2. The minimum absolute atomic E-state index is 0.263. The Morgan fingerprint density at radius 2 is 1.56 bits per heavy atom. The number of halogens is 2. The second-order valence-electron chi connectivity index (χ2n) is 10.0. The number of amides is 2. The maximum Gasteiger partial charge on any atom is 0.262 e. The molecular weight excluding hydrogens is 583 g/mol. The fourth-order valence-corrected chi connectivity index (χ4v) is 5.15. The molecule has 0 spiro atoms. The molecule has 0 aliphatic carbocycles. The molecule has 0 unspecified atom stereocenters. The highest BCUT2D eigenvalue weighted by Crippen LogP contribution is 2.28. The van der Waals surface area contributed by atoms with E-state index in [1.807, 2.05) is 72.9 Å². The van der Waals surface area contributed by atoms with E-state index in [0.717, 1.165) is 22.0 Å². The molecule has 2 amide bonds. The zero-order valence-electron chi connectivity index (χ0n) is 23.4. The summed E-state index contributed by atoms with van der Waals surface area (Å²) in [6.45, 7) is 2.29. The van der Waals surface area contributed by atoms with E-state index < -0.39 is 24.0 Å². The van der Waals surface area contributed by atoms with Crippen molar-refractivity contribution < 1.29 is 14.3 Å². The summed E-state index contributed by atoms with van der Waals surface area (Å²) in [7, 11) is 0. The lowest BCUT2D eigenvalue weighted by Crippen LogP contribution is -2.50. The normalized spacial score (nSPS) is 12.6. The maximum atomic E-state index is 13.3. The van der Waals surface area contributed by atoms with Crippen LogP contribution < -0.4 is 15.5 Å². The lowest BCUT2D eigenvalue weighted by Gasteiger charge is -2.21. The molecule has 1 heterocycles. The van der Waals surface area contributed by atoms with Gasteiger partial charge in [-0.3, -0.25) is 9.59 Å². The van der Waals surface area contributed by atoms with Crippen molar-refractivity contribution in [3.8, 4) is 5.75 Å². The summed E-state index contributed by atoms with van der Waals surface area (Å²) in [4.78, 5) is 26.4. The Balaban J connectivity index is 1.30. The molecular formula is C34H30Cl2N4O3. The van der Waals surface area contributed by atoms with Gasteiger partial charge in [0.15, 0.2) is 6.10 Å². The molecule has 1 aromatic heterocycles. The molecule has 0 saturated heterocycles. The van der Waals surface area contributed by atoms with Crippen LogP contribution in [-0.2, 0) is 22.6 Å². The Morgan fingerprint density at radius 3 is 2.28 bits per heavy atom. The molecule has 5 rings (SSSR count). The van der Waals surface area contributed by atoms with Gasteiger partial charge in [0.05, 0.1) is 11.2 Å². The molecule has 4 aromatic carbocycles. The largest absolute Gasteiger partial charge is 0.479 e. The minimum atomic E-state index is -0.927. The van der Waals surface area contributed by atoms with Gasteiger partial charge in [-0.1, -0.05) is 102 Å². The van der Waals surface area contributed by atoms with Gasteiger partial charge in [0.25, 0.3) is 11.8 Å². The Kier molecular flexibility index (Phi) is 9.77. The molecule has 218 valence electrons. The van der Waals surface area contributed by atoms with Gasteiger partial charge in [0.2, 0.25) is 0 Å². The molecule has 2 atom stereocenters. The van der Waals surface area contributed by atoms with Crippen LogP contribution in [0.25, 0.3) is 10.9 Å². The smallest absolute Gasteiger partial charge is 0.262 e. The van der Waals surface area contributed by atoms with Crippen molar-refractivity contribution in [1.29, 1.82) is 0 Å². The van der Waals surface area contributed by atoms with E-state index in [4.69, 9.17) is 27.9 Å². The van der Waals surface area contributed by atoms with Crippen molar-refractivity contribution >= 4 is 52.1 Å². The second kappa shape index (κ2) is 14.1. The summed E-state index contributed by atoms with van der Waals surface area (Å²) < 4.78 is 7.90. The predicted octanol–water partition coefficient (Wildman–Crippen LogP) is 6.64. The van der Waals surface area contributed by atoms with E-state index in [2.05, 4.69) is 38.6 Å². The van der Waals surface area contributed by atoms with Gasteiger partial charge in [-0.15, -0.1) is 0 Å². The molecule has 0 aliphatic heterocycles. The summed E-state index contributed by atoms with van der Waals surface area (Å²) in [6.07, 6.45) is 2.97. The first kappa shape index (κ1) is 29.9. The first-order valence-corrected chi connectivity index (χ1v) is 14.5. The van der Waals surface area contributed by atoms with Gasteiger partial charge < -0.3 is 14.6 Å². The minimum Gasteiger partial charge on any atom is -0.479 e. The summed E-state index contributed by atoms with van der Waals surface area (Å²) in [5.74, 6) is -0.623. The monoisotopic (exact) mass is 612 g/mol. The quantitative estimate of drug-likeness (QED) is 0.129. The molecule has 0 saturated carbocycles. The first-order valence-electron chi connectivity index (χ1n) is 13.8. The van der Waals surface area contributed by atoms with Crippen LogP contribution in [0, 0.1) is 0 Å². The number of carbonyl (C=O) groups excluding carboxylic acids is 2. The Bertz CT molecular complexity index is 1740. The standard InChI is InChI=1S/C34H30Cl2N4O3/c1-23(43-32-17-16-27(35)19-29(32)36)33(41)38-30(18-24-10-4-2-5-11-24)34(42)39-37-20-26-22-40(21-25-12-6-3-7-13-25)31-15-9-8-14-28(26)31/h2-17,19-20,22-23,30H,18,21H2,1H3,(H,38,41)(H,39,42)/b37-20-/t23-,30-/m1/s1. The molecule has 7 nitrogen and oxygen atoms in total. The van der Waals surface area contributed by atoms with Gasteiger partial charge in [-0.05, 0) is 42.3 Å². The number of nitrogens with one attached hydrogen (secondary N) is 2. The van der Waals surface area contributed by atoms with Crippen LogP contribution in [0.1, 0.15) is 23.6 Å². The van der Waals surface area contributed by atoms with Gasteiger partial charge in [0, 0.05) is 40.7 Å². The van der Waals surface area contributed by atoms with Crippen molar-refractivity contribution in [2.45, 2.75) is 32.0 Å². The lowest BCUT2D eigenvalue weighted by molar-refractivity contribution is -0.132. The number of nitrogens with zero attached hydrogens (tertiary/aromatic N) is 2. The summed E-state index contributed by atoms with van der Waals surface area (Å²) in [5, 5.41) is 8.81. The third-order valence-corrected chi connectivity index (χ3v) is 7.41. The number of carbonyl (C=O) groups is 2. The number of aromatic nitrogens is 1. The van der Waals surface area contributed by atoms with Crippen LogP contribution >= 0.6 is 23.2 Å². The molecule has 43 heavy (non-hydrogen) atoms. The molecule has 0 radical (unpaired) electrons. The van der Waals surface area contributed by atoms with Crippen LogP contribution in [0.15, 0.2) is 114 Å². The van der Waals surface area contributed by atoms with E-state index in [0.29, 0.717) is 17.3 Å². The van der Waals surface area contributed by atoms with E-state index >= 15 is 0 Å². The second-order valence-corrected chi connectivity index (χ2v) is 10.9. The third-order valence-electron chi connectivity index (χ3n) is 6.88. The van der Waals surface area contributed by atoms with Crippen LogP contribution in [0.4, 0.5) is 0 Å². The Labute approximate surface area is 260 Å². The van der Waals surface area contributed by atoms with E-state index in [9.17, 15) is 9.59 Å². The molecule has 5 aromatic rings. The predicted molar refractivity (Wildman–Crippen MR) is 172 cm³/mol. The van der Waals surface area contributed by atoms with Crippen molar-refractivity contribution in [2.75, 3.05) is 0 Å².